The molecule has 100 valence electrons. The predicted octanol–water partition coefficient (Wildman–Crippen LogP) is 2.15. The number of nitrogens with one attached hydrogen (secondary N) is 1. The van der Waals surface area contributed by atoms with Crippen molar-refractivity contribution in [2.75, 3.05) is 19.7 Å². The van der Waals surface area contributed by atoms with E-state index in [1.807, 2.05) is 18.2 Å². The molecule has 1 fully saturated rings. The highest BCUT2D eigenvalue weighted by Crippen LogP contribution is 2.26. The van der Waals surface area contributed by atoms with E-state index >= 15 is 0 Å². The molecule has 1 aromatic rings. The zero-order valence-electron chi connectivity index (χ0n) is 10.4. The lowest BCUT2D eigenvalue weighted by Gasteiger charge is -2.38. The molecule has 0 aliphatic carbocycles. The van der Waals surface area contributed by atoms with E-state index in [0.29, 0.717) is 22.6 Å². The molecule has 1 heterocycles. The largest absolute Gasteiger partial charge is 0.395 e. The van der Waals surface area contributed by atoms with Crippen molar-refractivity contribution in [2.24, 2.45) is 0 Å². The molecule has 2 rings (SSSR count). The van der Waals surface area contributed by atoms with Crippen molar-refractivity contribution >= 4 is 23.2 Å². The quantitative estimate of drug-likeness (QED) is 0.895. The molecule has 2 unspecified atom stereocenters. The Hall–Kier alpha value is -0.320. The van der Waals surface area contributed by atoms with Crippen molar-refractivity contribution in [2.45, 2.75) is 25.6 Å². The first kappa shape index (κ1) is 14.1. The molecule has 2 N–H and O–H groups in total. The van der Waals surface area contributed by atoms with Gasteiger partial charge >= 0.3 is 0 Å². The van der Waals surface area contributed by atoms with Crippen LogP contribution in [0.4, 0.5) is 0 Å². The van der Waals surface area contributed by atoms with Crippen LogP contribution < -0.4 is 5.32 Å². The summed E-state index contributed by atoms with van der Waals surface area (Å²) < 4.78 is 0. The standard InChI is InChI=1S/C13H18Cl2N2O/c1-9-6-17(10(8-18)5-16-9)7-11-12(14)3-2-4-13(11)15/h2-4,9-10,16,18H,5-8H2,1H3. The lowest BCUT2D eigenvalue weighted by Crippen LogP contribution is -2.56. The van der Waals surface area contributed by atoms with Crippen LogP contribution in [0.15, 0.2) is 18.2 Å². The molecule has 3 nitrogen and oxygen atoms in total. The maximum Gasteiger partial charge on any atom is 0.0599 e. The van der Waals surface area contributed by atoms with Crippen LogP contribution in [-0.4, -0.2) is 41.8 Å². The van der Waals surface area contributed by atoms with Crippen molar-refractivity contribution in [3.8, 4) is 0 Å². The first-order valence-electron chi connectivity index (χ1n) is 6.13. The number of halogens is 2. The first-order chi connectivity index (χ1) is 8.61. The minimum absolute atomic E-state index is 0.119. The summed E-state index contributed by atoms with van der Waals surface area (Å²) in [6, 6.07) is 6.07. The van der Waals surface area contributed by atoms with Crippen LogP contribution in [0, 0.1) is 0 Å². The summed E-state index contributed by atoms with van der Waals surface area (Å²) in [5, 5.41) is 14.1. The Morgan fingerprint density at radius 3 is 2.67 bits per heavy atom. The Balaban J connectivity index is 2.15. The van der Waals surface area contributed by atoms with Crippen molar-refractivity contribution in [3.63, 3.8) is 0 Å². The van der Waals surface area contributed by atoms with Gasteiger partial charge in [0.25, 0.3) is 0 Å². The lowest BCUT2D eigenvalue weighted by atomic mass is 10.1. The molecule has 0 radical (unpaired) electrons. The maximum atomic E-state index is 9.42. The number of hydrogen-bond donors (Lipinski definition) is 2. The van der Waals surface area contributed by atoms with Crippen LogP contribution in [0.5, 0.6) is 0 Å². The summed E-state index contributed by atoms with van der Waals surface area (Å²) in [6.45, 7) is 4.62. The minimum atomic E-state index is 0.119. The average molecular weight is 289 g/mol. The second-order valence-corrected chi connectivity index (χ2v) is 5.59. The van der Waals surface area contributed by atoms with Gasteiger partial charge in [-0.25, -0.2) is 0 Å². The Bertz CT molecular complexity index is 394. The molecule has 1 saturated heterocycles. The topological polar surface area (TPSA) is 35.5 Å². The highest BCUT2D eigenvalue weighted by atomic mass is 35.5. The van der Waals surface area contributed by atoms with Crippen LogP contribution in [-0.2, 0) is 6.54 Å². The average Bonchev–Trinajstić information content (AvgIpc) is 2.34. The Labute approximate surface area is 118 Å². The Morgan fingerprint density at radius 1 is 1.39 bits per heavy atom. The van der Waals surface area contributed by atoms with Gasteiger partial charge in [-0.3, -0.25) is 4.90 Å². The molecular weight excluding hydrogens is 271 g/mol. The van der Waals surface area contributed by atoms with Crippen LogP contribution in [0.2, 0.25) is 10.0 Å². The van der Waals surface area contributed by atoms with E-state index in [2.05, 4.69) is 17.1 Å². The zero-order chi connectivity index (χ0) is 13.1. The smallest absolute Gasteiger partial charge is 0.0599 e. The van der Waals surface area contributed by atoms with Gasteiger partial charge in [-0.2, -0.15) is 0 Å². The molecule has 18 heavy (non-hydrogen) atoms. The molecule has 0 aromatic heterocycles. The van der Waals surface area contributed by atoms with Gasteiger partial charge in [0.15, 0.2) is 0 Å². The number of aliphatic hydroxyl groups excluding tert-OH is 1. The van der Waals surface area contributed by atoms with Gasteiger partial charge in [0.2, 0.25) is 0 Å². The first-order valence-corrected chi connectivity index (χ1v) is 6.88. The number of piperazine rings is 1. The minimum Gasteiger partial charge on any atom is -0.395 e. The fraction of sp³-hybridized carbons (Fsp3) is 0.538. The molecular formula is C13H18Cl2N2O. The van der Waals surface area contributed by atoms with Crippen molar-refractivity contribution in [1.29, 1.82) is 0 Å². The van der Waals surface area contributed by atoms with E-state index in [1.54, 1.807) is 0 Å². The summed E-state index contributed by atoms with van der Waals surface area (Å²) in [7, 11) is 0. The third kappa shape index (κ3) is 3.16. The van der Waals surface area contributed by atoms with Crippen molar-refractivity contribution < 1.29 is 5.11 Å². The second-order valence-electron chi connectivity index (χ2n) is 4.78. The Kier molecular flexibility index (Phi) is 4.87. The van der Waals surface area contributed by atoms with Crippen LogP contribution in [0.3, 0.4) is 0 Å². The van der Waals surface area contributed by atoms with E-state index in [9.17, 15) is 5.11 Å². The summed E-state index contributed by atoms with van der Waals surface area (Å²) in [5.74, 6) is 0. The monoisotopic (exact) mass is 288 g/mol. The number of benzene rings is 1. The maximum absolute atomic E-state index is 9.42. The molecule has 0 spiro atoms. The van der Waals surface area contributed by atoms with Gasteiger partial charge in [-0.15, -0.1) is 0 Å². The molecule has 1 aliphatic rings. The van der Waals surface area contributed by atoms with Gasteiger partial charge in [-0.05, 0) is 19.1 Å². The fourth-order valence-electron chi connectivity index (χ4n) is 2.29. The molecule has 2 atom stereocenters. The van der Waals surface area contributed by atoms with E-state index in [4.69, 9.17) is 23.2 Å². The third-order valence-electron chi connectivity index (χ3n) is 3.36. The zero-order valence-corrected chi connectivity index (χ0v) is 11.9. The molecule has 0 saturated carbocycles. The Morgan fingerprint density at radius 2 is 2.06 bits per heavy atom. The van der Waals surface area contributed by atoms with E-state index < -0.39 is 0 Å². The van der Waals surface area contributed by atoms with E-state index in [-0.39, 0.29) is 12.6 Å². The summed E-state index contributed by atoms with van der Waals surface area (Å²) in [4.78, 5) is 2.23. The van der Waals surface area contributed by atoms with Crippen LogP contribution >= 0.6 is 23.2 Å². The van der Waals surface area contributed by atoms with Crippen molar-refractivity contribution in [3.05, 3.63) is 33.8 Å². The summed E-state index contributed by atoms with van der Waals surface area (Å²) >= 11 is 12.4. The third-order valence-corrected chi connectivity index (χ3v) is 4.07. The number of aliphatic hydroxyl groups is 1. The van der Waals surface area contributed by atoms with E-state index in [0.717, 1.165) is 18.7 Å². The predicted molar refractivity (Wildman–Crippen MR) is 75.2 cm³/mol. The van der Waals surface area contributed by atoms with Gasteiger partial charge in [0.1, 0.15) is 0 Å². The normalized spacial score (nSPS) is 25.3. The van der Waals surface area contributed by atoms with Crippen LogP contribution in [0.1, 0.15) is 12.5 Å². The molecule has 0 amide bonds. The summed E-state index contributed by atoms with van der Waals surface area (Å²) in [5.41, 5.74) is 0.938. The number of nitrogens with zero attached hydrogens (tertiary/aromatic N) is 1. The van der Waals surface area contributed by atoms with Gasteiger partial charge < -0.3 is 10.4 Å². The van der Waals surface area contributed by atoms with E-state index in [1.165, 1.54) is 0 Å². The number of rotatable bonds is 3. The van der Waals surface area contributed by atoms with Gasteiger partial charge in [-0.1, -0.05) is 29.3 Å². The fourth-order valence-corrected chi connectivity index (χ4v) is 2.81. The van der Waals surface area contributed by atoms with Gasteiger partial charge in [0, 0.05) is 47.3 Å². The highest BCUT2D eigenvalue weighted by molar-refractivity contribution is 6.35. The van der Waals surface area contributed by atoms with Gasteiger partial charge in [0.05, 0.1) is 6.61 Å². The van der Waals surface area contributed by atoms with Crippen molar-refractivity contribution in [1.82, 2.24) is 10.2 Å². The molecule has 1 aliphatic heterocycles. The molecule has 5 heteroatoms. The highest BCUT2D eigenvalue weighted by Gasteiger charge is 2.26. The SMILES string of the molecule is CC1CN(Cc2c(Cl)cccc2Cl)C(CO)CN1. The second kappa shape index (κ2) is 6.22. The summed E-state index contributed by atoms with van der Waals surface area (Å²) in [6.07, 6.45) is 0. The molecule has 0 bridgehead atoms. The molecule has 1 aromatic carbocycles. The number of hydrogen-bond acceptors (Lipinski definition) is 3. The lowest BCUT2D eigenvalue weighted by molar-refractivity contribution is 0.0781. The van der Waals surface area contributed by atoms with Crippen LogP contribution in [0.25, 0.3) is 0 Å².